The van der Waals surface area contributed by atoms with Crippen LogP contribution < -0.4 is 10.6 Å². The number of amides is 2. The number of carbonyl (C=O) groups is 1. The van der Waals surface area contributed by atoms with Crippen LogP contribution >= 0.6 is 11.3 Å². The van der Waals surface area contributed by atoms with Crippen molar-refractivity contribution < 1.29 is 9.53 Å². The summed E-state index contributed by atoms with van der Waals surface area (Å²) in [5.41, 5.74) is -0.256. The van der Waals surface area contributed by atoms with Gasteiger partial charge in [0.15, 0.2) is 5.13 Å². The standard InChI is InChI=1S/C12H19N3O2S/c1-11(2)8(7-12(11,3)17-4)14-9(16)15-10-13-5-6-18-10/h5-6,8H,7H2,1-4H3,(H2,13,14,15,16)/t8-,12-/m1/s1. The lowest BCUT2D eigenvalue weighted by Crippen LogP contribution is -2.68. The van der Waals surface area contributed by atoms with Crippen LogP contribution in [0.2, 0.25) is 0 Å². The summed E-state index contributed by atoms with van der Waals surface area (Å²) in [5, 5.41) is 8.13. The minimum absolute atomic E-state index is 0.0814. The first-order valence-corrected chi connectivity index (χ1v) is 6.79. The van der Waals surface area contributed by atoms with Crippen LogP contribution in [0.5, 0.6) is 0 Å². The van der Waals surface area contributed by atoms with E-state index < -0.39 is 0 Å². The number of urea groups is 1. The summed E-state index contributed by atoms with van der Waals surface area (Å²) in [6, 6.07) is -0.0939. The average Bonchev–Trinajstić information content (AvgIpc) is 2.80. The molecule has 1 saturated carbocycles. The lowest BCUT2D eigenvalue weighted by Gasteiger charge is -2.58. The van der Waals surface area contributed by atoms with Crippen LogP contribution in [0.25, 0.3) is 0 Å². The van der Waals surface area contributed by atoms with Crippen molar-refractivity contribution in [2.75, 3.05) is 12.4 Å². The van der Waals surface area contributed by atoms with Crippen LogP contribution in [-0.2, 0) is 4.74 Å². The molecule has 18 heavy (non-hydrogen) atoms. The van der Waals surface area contributed by atoms with E-state index in [1.807, 2.05) is 5.38 Å². The molecule has 0 bridgehead atoms. The van der Waals surface area contributed by atoms with Gasteiger partial charge in [-0.1, -0.05) is 13.8 Å². The molecule has 1 aromatic heterocycles. The highest BCUT2D eigenvalue weighted by Gasteiger charge is 2.58. The van der Waals surface area contributed by atoms with Crippen molar-refractivity contribution in [3.63, 3.8) is 0 Å². The molecule has 2 N–H and O–H groups in total. The summed E-state index contributed by atoms with van der Waals surface area (Å²) in [5.74, 6) is 0. The molecule has 0 saturated heterocycles. The first-order valence-electron chi connectivity index (χ1n) is 5.91. The van der Waals surface area contributed by atoms with Gasteiger partial charge < -0.3 is 10.1 Å². The van der Waals surface area contributed by atoms with Crippen molar-refractivity contribution in [3.8, 4) is 0 Å². The first kappa shape index (κ1) is 13.3. The van der Waals surface area contributed by atoms with Gasteiger partial charge in [0.2, 0.25) is 0 Å². The fourth-order valence-electron chi connectivity index (χ4n) is 2.30. The number of ether oxygens (including phenoxy) is 1. The van der Waals surface area contributed by atoms with Gasteiger partial charge >= 0.3 is 6.03 Å². The summed E-state index contributed by atoms with van der Waals surface area (Å²) in [7, 11) is 1.72. The zero-order valence-corrected chi connectivity index (χ0v) is 11.9. The molecule has 1 aliphatic rings. The Morgan fingerprint density at radius 1 is 1.56 bits per heavy atom. The van der Waals surface area contributed by atoms with Crippen molar-refractivity contribution in [2.24, 2.45) is 5.41 Å². The first-order chi connectivity index (χ1) is 8.39. The second-order valence-corrected chi connectivity index (χ2v) is 6.24. The highest BCUT2D eigenvalue weighted by Crippen LogP contribution is 2.51. The summed E-state index contributed by atoms with van der Waals surface area (Å²) in [6.45, 7) is 6.28. The molecule has 6 heteroatoms. The molecule has 100 valence electrons. The number of hydrogen-bond acceptors (Lipinski definition) is 4. The molecule has 0 spiro atoms. The quantitative estimate of drug-likeness (QED) is 0.886. The fraction of sp³-hybridized carbons (Fsp3) is 0.667. The Bertz CT molecular complexity index is 433. The van der Waals surface area contributed by atoms with Gasteiger partial charge in [-0.2, -0.15) is 0 Å². The number of nitrogens with zero attached hydrogens (tertiary/aromatic N) is 1. The largest absolute Gasteiger partial charge is 0.378 e. The lowest BCUT2D eigenvalue weighted by molar-refractivity contribution is -0.177. The zero-order chi connectivity index (χ0) is 13.4. The Hall–Kier alpha value is -1.14. The predicted molar refractivity (Wildman–Crippen MR) is 71.9 cm³/mol. The van der Waals surface area contributed by atoms with Crippen molar-refractivity contribution in [1.29, 1.82) is 0 Å². The van der Waals surface area contributed by atoms with Gasteiger partial charge in [-0.25, -0.2) is 9.78 Å². The van der Waals surface area contributed by atoms with Gasteiger partial charge in [0.25, 0.3) is 0 Å². The van der Waals surface area contributed by atoms with Crippen LogP contribution in [0.3, 0.4) is 0 Å². The van der Waals surface area contributed by atoms with Crippen molar-refractivity contribution in [2.45, 2.75) is 38.8 Å². The minimum atomic E-state index is -0.207. The Labute approximate surface area is 111 Å². The van der Waals surface area contributed by atoms with Gasteiger partial charge in [0.1, 0.15) is 0 Å². The Morgan fingerprint density at radius 2 is 2.28 bits per heavy atom. The van der Waals surface area contributed by atoms with E-state index in [0.717, 1.165) is 6.42 Å². The van der Waals surface area contributed by atoms with E-state index in [-0.39, 0.29) is 23.1 Å². The third-order valence-electron chi connectivity index (χ3n) is 4.24. The Kier molecular flexibility index (Phi) is 3.33. The van der Waals surface area contributed by atoms with Gasteiger partial charge in [-0.3, -0.25) is 5.32 Å². The van der Waals surface area contributed by atoms with E-state index in [2.05, 4.69) is 36.4 Å². The molecule has 0 radical (unpaired) electrons. The molecular formula is C12H19N3O2S. The maximum Gasteiger partial charge on any atom is 0.321 e. The van der Waals surface area contributed by atoms with E-state index in [1.165, 1.54) is 11.3 Å². The molecule has 2 amide bonds. The number of hydrogen-bond donors (Lipinski definition) is 2. The van der Waals surface area contributed by atoms with E-state index in [9.17, 15) is 4.79 Å². The predicted octanol–water partition coefficient (Wildman–Crippen LogP) is 2.47. The van der Waals surface area contributed by atoms with Crippen molar-refractivity contribution in [3.05, 3.63) is 11.6 Å². The molecule has 1 aliphatic carbocycles. The monoisotopic (exact) mass is 269 g/mol. The zero-order valence-electron chi connectivity index (χ0n) is 11.1. The number of aromatic nitrogens is 1. The Balaban J connectivity index is 1.90. The van der Waals surface area contributed by atoms with Crippen LogP contribution in [0.15, 0.2) is 11.6 Å². The smallest absolute Gasteiger partial charge is 0.321 e. The number of thiazole rings is 1. The molecule has 0 aromatic carbocycles. The molecule has 2 atom stereocenters. The fourth-order valence-corrected chi connectivity index (χ4v) is 2.82. The van der Waals surface area contributed by atoms with Crippen molar-refractivity contribution in [1.82, 2.24) is 10.3 Å². The maximum absolute atomic E-state index is 11.8. The molecule has 2 rings (SSSR count). The van der Waals surface area contributed by atoms with Crippen LogP contribution in [0, 0.1) is 5.41 Å². The highest BCUT2D eigenvalue weighted by atomic mass is 32.1. The third kappa shape index (κ3) is 2.10. The SMILES string of the molecule is CO[C@]1(C)C[C@@H](NC(=O)Nc2nccs2)C1(C)C. The van der Waals surface area contributed by atoms with E-state index in [1.54, 1.807) is 13.3 Å². The highest BCUT2D eigenvalue weighted by molar-refractivity contribution is 7.13. The van der Waals surface area contributed by atoms with Crippen molar-refractivity contribution >= 4 is 22.5 Å². The normalized spacial score (nSPS) is 29.4. The van der Waals surface area contributed by atoms with Gasteiger partial charge in [0.05, 0.1) is 5.60 Å². The topological polar surface area (TPSA) is 63.2 Å². The van der Waals surface area contributed by atoms with Crippen LogP contribution in [-0.4, -0.2) is 29.8 Å². The number of anilines is 1. The van der Waals surface area contributed by atoms with Crippen LogP contribution in [0.1, 0.15) is 27.2 Å². The van der Waals surface area contributed by atoms with Gasteiger partial charge in [-0.05, 0) is 13.3 Å². The maximum atomic E-state index is 11.8. The number of rotatable bonds is 3. The number of nitrogens with one attached hydrogen (secondary N) is 2. The second-order valence-electron chi connectivity index (χ2n) is 5.35. The summed E-state index contributed by atoms with van der Waals surface area (Å²) < 4.78 is 5.52. The minimum Gasteiger partial charge on any atom is -0.378 e. The average molecular weight is 269 g/mol. The third-order valence-corrected chi connectivity index (χ3v) is 4.92. The molecule has 0 aliphatic heterocycles. The Morgan fingerprint density at radius 3 is 2.78 bits per heavy atom. The van der Waals surface area contributed by atoms with E-state index in [4.69, 9.17) is 4.74 Å². The lowest BCUT2D eigenvalue weighted by atomic mass is 9.56. The molecule has 1 heterocycles. The van der Waals surface area contributed by atoms with E-state index in [0.29, 0.717) is 5.13 Å². The van der Waals surface area contributed by atoms with E-state index >= 15 is 0 Å². The molecule has 0 unspecified atom stereocenters. The summed E-state index contributed by atoms with van der Waals surface area (Å²) in [4.78, 5) is 15.8. The summed E-state index contributed by atoms with van der Waals surface area (Å²) in [6.07, 6.45) is 2.48. The summed E-state index contributed by atoms with van der Waals surface area (Å²) >= 11 is 1.40. The molecule has 5 nitrogen and oxygen atoms in total. The second kappa shape index (κ2) is 4.51. The van der Waals surface area contributed by atoms with Gasteiger partial charge in [-0.15, -0.1) is 11.3 Å². The molecular weight excluding hydrogens is 250 g/mol. The molecule has 1 fully saturated rings. The number of carbonyl (C=O) groups excluding carboxylic acids is 1. The van der Waals surface area contributed by atoms with Crippen LogP contribution in [0.4, 0.5) is 9.93 Å². The molecule has 1 aromatic rings. The van der Waals surface area contributed by atoms with Gasteiger partial charge in [0, 0.05) is 30.1 Å². The number of methoxy groups -OCH3 is 1.